The number of ether oxygens (including phenoxy) is 2. The topological polar surface area (TPSA) is 79.3 Å². The quantitative estimate of drug-likeness (QED) is 0.553. The molecule has 0 amide bonds. The van der Waals surface area contributed by atoms with Crippen LogP contribution in [-0.4, -0.2) is 34.5 Å². The number of phenols is 2. The molecule has 24 heavy (non-hydrogen) atoms. The molecule has 3 rings (SSSR count). The molecule has 0 bridgehead atoms. The Kier molecular flexibility index (Phi) is 4.83. The fourth-order valence-electron chi connectivity index (χ4n) is 2.85. The van der Waals surface area contributed by atoms with Gasteiger partial charge in [-0.3, -0.25) is 0 Å². The van der Waals surface area contributed by atoms with E-state index in [9.17, 15) is 15.0 Å². The first kappa shape index (κ1) is 16.9. The molecule has 0 aromatic heterocycles. The van der Waals surface area contributed by atoms with Crippen molar-refractivity contribution in [2.45, 2.75) is 44.5 Å². The van der Waals surface area contributed by atoms with Crippen LogP contribution in [0.5, 0.6) is 11.5 Å². The normalized spacial score (nSPS) is 29.6. The first-order valence-corrected chi connectivity index (χ1v) is 8.28. The summed E-state index contributed by atoms with van der Waals surface area (Å²) in [5.74, 6) is -1.24. The number of hydrogen-bond donors (Lipinski definition) is 2. The van der Waals surface area contributed by atoms with Crippen molar-refractivity contribution < 1.29 is 24.5 Å². The van der Waals surface area contributed by atoms with Crippen LogP contribution in [0.3, 0.4) is 0 Å². The number of carbonyl (C=O) groups is 1. The molecule has 1 saturated heterocycles. The Morgan fingerprint density at radius 3 is 2.83 bits per heavy atom. The van der Waals surface area contributed by atoms with Crippen LogP contribution in [-0.2, 0) is 15.9 Å². The largest absolute Gasteiger partial charge is 0.507 e. The van der Waals surface area contributed by atoms with E-state index in [0.717, 1.165) is 6.07 Å². The zero-order valence-electron chi connectivity index (χ0n) is 13.2. The molecule has 0 radical (unpaired) electrons. The molecular formula is C18H19ClO5. The zero-order valence-corrected chi connectivity index (χ0v) is 14.0. The average molecular weight is 351 g/mol. The van der Waals surface area contributed by atoms with Crippen LogP contribution < -0.4 is 0 Å². The molecule has 128 valence electrons. The molecule has 0 aliphatic carbocycles. The van der Waals surface area contributed by atoms with E-state index < -0.39 is 5.97 Å². The van der Waals surface area contributed by atoms with Gasteiger partial charge < -0.3 is 19.7 Å². The van der Waals surface area contributed by atoms with Crippen LogP contribution in [0.15, 0.2) is 30.4 Å². The monoisotopic (exact) mass is 350 g/mol. The van der Waals surface area contributed by atoms with Crippen molar-refractivity contribution in [1.29, 1.82) is 0 Å². The van der Waals surface area contributed by atoms with Crippen molar-refractivity contribution in [3.63, 3.8) is 0 Å². The second-order valence-electron chi connectivity index (χ2n) is 6.02. The first-order chi connectivity index (χ1) is 11.5. The molecule has 2 N–H and O–H groups in total. The summed E-state index contributed by atoms with van der Waals surface area (Å²) in [6, 6.07) is 1.06. The molecule has 1 fully saturated rings. The predicted molar refractivity (Wildman–Crippen MR) is 89.5 cm³/mol. The molecule has 0 spiro atoms. The molecule has 5 nitrogen and oxygen atoms in total. The minimum Gasteiger partial charge on any atom is -0.507 e. The van der Waals surface area contributed by atoms with E-state index >= 15 is 0 Å². The fourth-order valence-corrected chi connectivity index (χ4v) is 3.10. The number of esters is 1. The third-order valence-corrected chi connectivity index (χ3v) is 4.55. The fraction of sp³-hybridized carbons (Fsp3) is 0.389. The molecule has 0 unspecified atom stereocenters. The van der Waals surface area contributed by atoms with Gasteiger partial charge in [-0.15, -0.1) is 0 Å². The summed E-state index contributed by atoms with van der Waals surface area (Å²) in [5, 5.41) is 20.0. The number of benzene rings is 1. The minimum absolute atomic E-state index is 0.0129. The number of carbonyl (C=O) groups excluding carboxylic acids is 1. The van der Waals surface area contributed by atoms with E-state index in [0.29, 0.717) is 24.8 Å². The third kappa shape index (κ3) is 3.57. The predicted octanol–water partition coefficient (Wildman–Crippen LogP) is 3.51. The summed E-state index contributed by atoms with van der Waals surface area (Å²) in [6.07, 6.45) is 9.03. The highest BCUT2D eigenvalue weighted by Crippen LogP contribution is 2.38. The number of cyclic esters (lactones) is 1. The van der Waals surface area contributed by atoms with Crippen molar-refractivity contribution in [3.05, 3.63) is 46.5 Å². The molecule has 0 saturated carbocycles. The second kappa shape index (κ2) is 6.87. The van der Waals surface area contributed by atoms with Crippen molar-refractivity contribution >= 4 is 17.6 Å². The summed E-state index contributed by atoms with van der Waals surface area (Å²) < 4.78 is 10.9. The lowest BCUT2D eigenvalue weighted by Gasteiger charge is -2.17. The first-order valence-electron chi connectivity index (χ1n) is 7.90. The summed E-state index contributed by atoms with van der Waals surface area (Å²) in [4.78, 5) is 12.5. The number of halogens is 1. The Bertz CT molecular complexity index is 710. The average Bonchev–Trinajstić information content (AvgIpc) is 3.24. The standard InChI is InChI=1S/C18H19ClO5/c1-10-8-15-14(24-15)7-5-3-2-4-6-11-16(18(22)23-10)12(20)9-13(21)17(11)19/h2-3,5,7,9-10,14-15,20-21H,4,6,8H2,1H3/b3-2+,7-5-/t10-,14-,15-/m1/s1. The smallest absolute Gasteiger partial charge is 0.342 e. The molecule has 6 heteroatoms. The van der Waals surface area contributed by atoms with Gasteiger partial charge >= 0.3 is 5.97 Å². The Morgan fingerprint density at radius 1 is 1.25 bits per heavy atom. The van der Waals surface area contributed by atoms with Crippen LogP contribution in [0.4, 0.5) is 0 Å². The highest BCUT2D eigenvalue weighted by atomic mass is 35.5. The number of aromatic hydroxyl groups is 2. The van der Waals surface area contributed by atoms with Gasteiger partial charge in [0.15, 0.2) is 0 Å². The van der Waals surface area contributed by atoms with Crippen LogP contribution in [0.2, 0.25) is 5.02 Å². The van der Waals surface area contributed by atoms with E-state index in [1.165, 1.54) is 0 Å². The van der Waals surface area contributed by atoms with Crippen LogP contribution in [0.25, 0.3) is 0 Å². The van der Waals surface area contributed by atoms with Gasteiger partial charge in [-0.05, 0) is 25.3 Å². The van der Waals surface area contributed by atoms with Crippen molar-refractivity contribution in [2.24, 2.45) is 0 Å². The van der Waals surface area contributed by atoms with Gasteiger partial charge in [0.05, 0.1) is 11.1 Å². The summed E-state index contributed by atoms with van der Waals surface area (Å²) >= 11 is 6.14. The van der Waals surface area contributed by atoms with Gasteiger partial charge in [-0.1, -0.05) is 35.9 Å². The van der Waals surface area contributed by atoms with Crippen molar-refractivity contribution in [2.75, 3.05) is 0 Å². The zero-order chi connectivity index (χ0) is 17.3. The van der Waals surface area contributed by atoms with Gasteiger partial charge in [0.2, 0.25) is 0 Å². The maximum atomic E-state index is 12.5. The summed E-state index contributed by atoms with van der Waals surface area (Å²) in [5.41, 5.74) is 0.400. The van der Waals surface area contributed by atoms with Crippen molar-refractivity contribution in [1.82, 2.24) is 0 Å². The van der Waals surface area contributed by atoms with E-state index in [2.05, 4.69) is 0 Å². The Labute approximate surface area is 145 Å². The maximum absolute atomic E-state index is 12.5. The van der Waals surface area contributed by atoms with Crippen LogP contribution in [0, 0.1) is 0 Å². The number of rotatable bonds is 0. The lowest BCUT2D eigenvalue weighted by Crippen LogP contribution is -2.19. The molecule has 2 heterocycles. The van der Waals surface area contributed by atoms with Crippen LogP contribution in [0.1, 0.15) is 35.7 Å². The van der Waals surface area contributed by atoms with Gasteiger partial charge in [-0.25, -0.2) is 4.79 Å². The van der Waals surface area contributed by atoms with Gasteiger partial charge in [-0.2, -0.15) is 0 Å². The molecular weight excluding hydrogens is 332 g/mol. The maximum Gasteiger partial charge on any atom is 0.342 e. The SMILES string of the molecule is C[C@@H]1C[C@H]2O[C@@H]2/C=C\C=C\CCc2c(Cl)c(O)cc(O)c2C(=O)O1. The molecule has 1 aromatic carbocycles. The number of epoxide rings is 1. The lowest BCUT2D eigenvalue weighted by atomic mass is 10.0. The summed E-state index contributed by atoms with van der Waals surface area (Å²) in [7, 11) is 0. The number of allylic oxidation sites excluding steroid dienone is 3. The van der Waals surface area contributed by atoms with Gasteiger partial charge in [0.25, 0.3) is 0 Å². The van der Waals surface area contributed by atoms with Crippen molar-refractivity contribution in [3.8, 4) is 11.5 Å². The minimum atomic E-state index is -0.648. The highest BCUT2D eigenvalue weighted by molar-refractivity contribution is 6.33. The highest BCUT2D eigenvalue weighted by Gasteiger charge is 2.38. The Hall–Kier alpha value is -1.98. The van der Waals surface area contributed by atoms with E-state index in [4.69, 9.17) is 21.1 Å². The summed E-state index contributed by atoms with van der Waals surface area (Å²) in [6.45, 7) is 1.78. The number of hydrogen-bond acceptors (Lipinski definition) is 5. The van der Waals surface area contributed by atoms with E-state index in [1.54, 1.807) is 6.92 Å². The molecule has 1 aromatic rings. The Balaban J connectivity index is 1.95. The molecule has 2 aliphatic heterocycles. The lowest BCUT2D eigenvalue weighted by molar-refractivity contribution is 0.0305. The Morgan fingerprint density at radius 2 is 2.04 bits per heavy atom. The number of phenolic OH excluding ortho intramolecular Hbond substituents is 2. The molecule has 2 aliphatic rings. The van der Waals surface area contributed by atoms with Gasteiger partial charge in [0, 0.05) is 12.5 Å². The molecule has 3 atom stereocenters. The third-order valence-electron chi connectivity index (χ3n) is 4.13. The van der Waals surface area contributed by atoms with E-state index in [1.807, 2.05) is 24.3 Å². The second-order valence-corrected chi connectivity index (χ2v) is 6.40. The van der Waals surface area contributed by atoms with Crippen LogP contribution >= 0.6 is 11.6 Å². The number of fused-ring (bicyclic) bond motifs is 2. The van der Waals surface area contributed by atoms with E-state index in [-0.39, 0.29) is 40.4 Å². The van der Waals surface area contributed by atoms with Gasteiger partial charge in [0.1, 0.15) is 29.3 Å².